The topological polar surface area (TPSA) is 55.6 Å². The molecule has 0 radical (unpaired) electrons. The Kier molecular flexibility index (Phi) is 6.11. The predicted octanol–water partition coefficient (Wildman–Crippen LogP) is 3.80. The molecule has 0 aliphatic carbocycles. The molecule has 0 saturated carbocycles. The van der Waals surface area contributed by atoms with E-state index in [9.17, 15) is 10.1 Å². The van der Waals surface area contributed by atoms with Crippen molar-refractivity contribution in [2.24, 2.45) is 0 Å². The van der Waals surface area contributed by atoms with Crippen LogP contribution in [0.25, 0.3) is 0 Å². The molecular weight excluding hydrogens is 292 g/mol. The lowest BCUT2D eigenvalue weighted by molar-refractivity contribution is -0.385. The summed E-state index contributed by atoms with van der Waals surface area (Å²) in [6, 6.07) is 14.8. The lowest BCUT2D eigenvalue weighted by Gasteiger charge is -2.21. The van der Waals surface area contributed by atoms with Crippen LogP contribution in [0.4, 0.5) is 5.69 Å². The quantitative estimate of drug-likeness (QED) is 0.549. The van der Waals surface area contributed by atoms with Crippen molar-refractivity contribution >= 4 is 5.69 Å². The number of nitrogens with zero attached hydrogens (tertiary/aromatic N) is 2. The molecule has 0 heterocycles. The van der Waals surface area contributed by atoms with Gasteiger partial charge >= 0.3 is 5.69 Å². The van der Waals surface area contributed by atoms with Crippen LogP contribution in [-0.4, -0.2) is 29.5 Å². The van der Waals surface area contributed by atoms with Crippen LogP contribution in [-0.2, 0) is 6.54 Å². The third-order valence-corrected chi connectivity index (χ3v) is 3.83. The van der Waals surface area contributed by atoms with Crippen molar-refractivity contribution in [2.75, 3.05) is 19.7 Å². The Bertz CT molecular complexity index is 658. The Balaban J connectivity index is 1.92. The molecule has 23 heavy (non-hydrogen) atoms. The van der Waals surface area contributed by atoms with Crippen molar-refractivity contribution < 1.29 is 9.66 Å². The van der Waals surface area contributed by atoms with E-state index in [1.54, 1.807) is 18.2 Å². The maximum atomic E-state index is 11.0. The van der Waals surface area contributed by atoms with Crippen molar-refractivity contribution in [3.63, 3.8) is 0 Å². The molecule has 2 aromatic rings. The van der Waals surface area contributed by atoms with Crippen LogP contribution >= 0.6 is 0 Å². The summed E-state index contributed by atoms with van der Waals surface area (Å²) in [5.41, 5.74) is 2.57. The lowest BCUT2D eigenvalue weighted by Crippen LogP contribution is -2.28. The average molecular weight is 314 g/mol. The Hall–Kier alpha value is -2.40. The Morgan fingerprint density at radius 3 is 2.52 bits per heavy atom. The van der Waals surface area contributed by atoms with E-state index < -0.39 is 4.92 Å². The molecule has 0 N–H and O–H groups in total. The van der Waals surface area contributed by atoms with E-state index >= 15 is 0 Å². The van der Waals surface area contributed by atoms with Gasteiger partial charge in [-0.1, -0.05) is 43.3 Å². The number of nitro groups is 1. The summed E-state index contributed by atoms with van der Waals surface area (Å²) < 4.78 is 5.62. The number of ether oxygens (including phenoxy) is 1. The van der Waals surface area contributed by atoms with Gasteiger partial charge in [0, 0.05) is 19.2 Å². The third-order valence-electron chi connectivity index (χ3n) is 3.83. The van der Waals surface area contributed by atoms with Gasteiger partial charge in [0.15, 0.2) is 5.75 Å². The van der Waals surface area contributed by atoms with Gasteiger partial charge in [-0.2, -0.15) is 0 Å². The van der Waals surface area contributed by atoms with Crippen molar-refractivity contribution in [1.29, 1.82) is 0 Å². The zero-order chi connectivity index (χ0) is 16.7. The van der Waals surface area contributed by atoms with Crippen molar-refractivity contribution in [2.45, 2.75) is 20.4 Å². The monoisotopic (exact) mass is 314 g/mol. The predicted molar refractivity (Wildman–Crippen MR) is 90.7 cm³/mol. The molecule has 0 aromatic heterocycles. The summed E-state index contributed by atoms with van der Waals surface area (Å²) in [5, 5.41) is 11.0. The zero-order valence-corrected chi connectivity index (χ0v) is 13.6. The van der Waals surface area contributed by atoms with Gasteiger partial charge in [-0.15, -0.1) is 0 Å². The molecule has 0 amide bonds. The lowest BCUT2D eigenvalue weighted by atomic mass is 10.1. The van der Waals surface area contributed by atoms with E-state index in [0.717, 1.165) is 19.6 Å². The van der Waals surface area contributed by atoms with Gasteiger partial charge in [0.2, 0.25) is 0 Å². The smallest absolute Gasteiger partial charge is 0.310 e. The highest BCUT2D eigenvalue weighted by atomic mass is 16.6. The number of benzene rings is 2. The third kappa shape index (κ3) is 4.79. The summed E-state index contributed by atoms with van der Waals surface area (Å²) >= 11 is 0. The molecule has 0 spiro atoms. The molecule has 2 aromatic carbocycles. The minimum Gasteiger partial charge on any atom is -0.485 e. The maximum Gasteiger partial charge on any atom is 0.310 e. The molecule has 5 nitrogen and oxygen atoms in total. The van der Waals surface area contributed by atoms with Crippen molar-refractivity contribution in [1.82, 2.24) is 4.90 Å². The van der Waals surface area contributed by atoms with E-state index in [4.69, 9.17) is 4.74 Å². The van der Waals surface area contributed by atoms with E-state index in [0.29, 0.717) is 12.4 Å². The number of hydrogen-bond donors (Lipinski definition) is 0. The fraction of sp³-hybridized carbons (Fsp3) is 0.333. The summed E-state index contributed by atoms with van der Waals surface area (Å²) in [4.78, 5) is 12.8. The summed E-state index contributed by atoms with van der Waals surface area (Å²) in [5.74, 6) is 0.324. The molecule has 0 aliphatic heterocycles. The maximum absolute atomic E-state index is 11.0. The number of rotatable bonds is 8. The average Bonchev–Trinajstić information content (AvgIpc) is 2.56. The van der Waals surface area contributed by atoms with Gasteiger partial charge in [0.1, 0.15) is 6.61 Å². The molecule has 0 unspecified atom stereocenters. The molecule has 0 fully saturated rings. The number of hydrogen-bond acceptors (Lipinski definition) is 4. The Morgan fingerprint density at radius 1 is 1.13 bits per heavy atom. The highest BCUT2D eigenvalue weighted by molar-refractivity contribution is 5.45. The number of likely N-dealkylation sites (N-methyl/N-ethyl adjacent to an activating group) is 1. The number of para-hydroxylation sites is 2. The molecule has 0 atom stereocenters. The summed E-state index contributed by atoms with van der Waals surface area (Å²) in [6.45, 7) is 7.09. The molecule has 2 rings (SSSR count). The fourth-order valence-electron chi connectivity index (χ4n) is 2.39. The number of aryl methyl sites for hydroxylation is 1. The van der Waals surface area contributed by atoms with E-state index in [2.05, 4.69) is 30.9 Å². The molecule has 0 aliphatic rings. The molecule has 0 bridgehead atoms. The fourth-order valence-corrected chi connectivity index (χ4v) is 2.39. The van der Waals surface area contributed by atoms with Gasteiger partial charge in [0.25, 0.3) is 0 Å². The molecule has 0 saturated heterocycles. The standard InChI is InChI=1S/C18H22N2O3/c1-3-19(14-16-9-5-4-8-15(16)2)12-13-23-18-11-7-6-10-17(18)20(21)22/h4-11H,3,12-14H2,1-2H3. The summed E-state index contributed by atoms with van der Waals surface area (Å²) in [7, 11) is 0. The largest absolute Gasteiger partial charge is 0.485 e. The first-order valence-corrected chi connectivity index (χ1v) is 7.75. The summed E-state index contributed by atoms with van der Waals surface area (Å²) in [6.07, 6.45) is 0. The molecule has 122 valence electrons. The Labute approximate surface area is 136 Å². The molecular formula is C18H22N2O3. The van der Waals surface area contributed by atoms with Crippen LogP contribution in [0.3, 0.4) is 0 Å². The van der Waals surface area contributed by atoms with Crippen molar-refractivity contribution in [3.8, 4) is 5.75 Å². The van der Waals surface area contributed by atoms with Crippen LogP contribution < -0.4 is 4.74 Å². The minimum absolute atomic E-state index is 0.00875. The van der Waals surface area contributed by atoms with Gasteiger partial charge < -0.3 is 4.74 Å². The van der Waals surface area contributed by atoms with Crippen LogP contribution in [0.1, 0.15) is 18.1 Å². The van der Waals surface area contributed by atoms with Gasteiger partial charge in [-0.25, -0.2) is 0 Å². The van der Waals surface area contributed by atoms with Gasteiger partial charge in [-0.3, -0.25) is 15.0 Å². The van der Waals surface area contributed by atoms with E-state index in [-0.39, 0.29) is 5.69 Å². The zero-order valence-electron chi connectivity index (χ0n) is 13.6. The second-order valence-corrected chi connectivity index (χ2v) is 5.37. The second-order valence-electron chi connectivity index (χ2n) is 5.37. The normalized spacial score (nSPS) is 10.7. The van der Waals surface area contributed by atoms with Crippen LogP contribution in [0, 0.1) is 17.0 Å². The first-order valence-electron chi connectivity index (χ1n) is 7.75. The first-order chi connectivity index (χ1) is 11.1. The van der Waals surface area contributed by atoms with Crippen LogP contribution in [0.5, 0.6) is 5.75 Å². The van der Waals surface area contributed by atoms with Crippen LogP contribution in [0.15, 0.2) is 48.5 Å². The van der Waals surface area contributed by atoms with Gasteiger partial charge in [-0.05, 0) is 30.7 Å². The second kappa shape index (κ2) is 8.29. The van der Waals surface area contributed by atoms with Gasteiger partial charge in [0.05, 0.1) is 4.92 Å². The highest BCUT2D eigenvalue weighted by Gasteiger charge is 2.14. The van der Waals surface area contributed by atoms with E-state index in [1.165, 1.54) is 17.2 Å². The van der Waals surface area contributed by atoms with Crippen molar-refractivity contribution in [3.05, 3.63) is 69.8 Å². The highest BCUT2D eigenvalue weighted by Crippen LogP contribution is 2.25. The van der Waals surface area contributed by atoms with E-state index in [1.807, 2.05) is 12.1 Å². The SMILES string of the molecule is CCN(CCOc1ccccc1[N+](=O)[O-])Cc1ccccc1C. The van der Waals surface area contributed by atoms with Crippen LogP contribution in [0.2, 0.25) is 0 Å². The number of nitro benzene ring substituents is 1. The Morgan fingerprint density at radius 2 is 1.83 bits per heavy atom. The first kappa shape index (κ1) is 17.0. The molecule has 5 heteroatoms. The minimum atomic E-state index is -0.416.